The van der Waals surface area contributed by atoms with E-state index in [1.807, 2.05) is 0 Å². The van der Waals surface area contributed by atoms with Crippen molar-refractivity contribution in [2.75, 3.05) is 26.3 Å². The lowest BCUT2D eigenvalue weighted by Gasteiger charge is -2.30. The van der Waals surface area contributed by atoms with Gasteiger partial charge < -0.3 is 9.47 Å². The van der Waals surface area contributed by atoms with E-state index in [0.717, 1.165) is 25.6 Å². The van der Waals surface area contributed by atoms with Crippen LogP contribution in [0, 0.1) is 5.82 Å². The van der Waals surface area contributed by atoms with Crippen molar-refractivity contribution in [1.29, 1.82) is 0 Å². The van der Waals surface area contributed by atoms with Gasteiger partial charge in [-0.3, -0.25) is 4.90 Å². The molecular formula is C18H16ClF5N4O2. The lowest BCUT2D eigenvalue weighted by molar-refractivity contribution is -0.153. The molecule has 0 N–H and O–H groups in total. The summed E-state index contributed by atoms with van der Waals surface area (Å²) in [6.07, 6.45) is -0.905. The molecule has 0 aromatic carbocycles. The lowest BCUT2D eigenvalue weighted by Crippen LogP contribution is -2.43. The molecule has 4 rings (SSSR count). The number of rotatable bonds is 5. The highest BCUT2D eigenvalue weighted by atomic mass is 35.5. The number of aromatic nitrogens is 3. The van der Waals surface area contributed by atoms with Crippen molar-refractivity contribution in [3.63, 3.8) is 0 Å². The zero-order valence-corrected chi connectivity index (χ0v) is 16.2. The summed E-state index contributed by atoms with van der Waals surface area (Å²) in [4.78, 5) is 13.5. The number of alkyl halides is 3. The van der Waals surface area contributed by atoms with E-state index in [2.05, 4.69) is 19.9 Å². The lowest BCUT2D eigenvalue weighted by atomic mass is 9.94. The molecule has 0 aliphatic carbocycles. The molecule has 0 saturated carbocycles. The smallest absolute Gasteiger partial charge is 0.422 e. The van der Waals surface area contributed by atoms with E-state index < -0.39 is 35.2 Å². The molecule has 2 aliphatic heterocycles. The molecule has 2 saturated heterocycles. The third-order valence-corrected chi connectivity index (χ3v) is 5.54. The summed E-state index contributed by atoms with van der Waals surface area (Å²) >= 11 is 5.67. The minimum Gasteiger partial charge on any atom is -0.467 e. The van der Waals surface area contributed by atoms with Gasteiger partial charge in [-0.15, -0.1) is 0 Å². The standard InChI is InChI=1S/C18H16ClF5N4O2/c19-14-12(21)13-11(6-25-14)15(29-9-18(22,23)24)27-16(26-13)30-8-17-2-1-3-28(17)7-10(4-17)5-20/h5-6H,1-4,7-9H2/b10-5-. The summed E-state index contributed by atoms with van der Waals surface area (Å²) < 4.78 is 75.6. The molecule has 2 aromatic heterocycles. The minimum absolute atomic E-state index is 0.0645. The fourth-order valence-corrected chi connectivity index (χ4v) is 4.10. The van der Waals surface area contributed by atoms with E-state index in [-0.39, 0.29) is 23.5 Å². The van der Waals surface area contributed by atoms with Crippen molar-refractivity contribution < 1.29 is 31.4 Å². The van der Waals surface area contributed by atoms with Gasteiger partial charge in [-0.25, -0.2) is 13.8 Å². The van der Waals surface area contributed by atoms with Gasteiger partial charge in [0.05, 0.1) is 17.3 Å². The number of nitrogens with zero attached hydrogens (tertiary/aromatic N) is 4. The molecule has 0 bridgehead atoms. The first-order valence-corrected chi connectivity index (χ1v) is 9.46. The van der Waals surface area contributed by atoms with Crippen LogP contribution in [0.2, 0.25) is 5.15 Å². The Labute approximate surface area is 172 Å². The number of hydrogen-bond acceptors (Lipinski definition) is 6. The normalized spacial score (nSPS) is 23.3. The molecule has 1 atom stereocenters. The molecule has 0 amide bonds. The molecule has 6 nitrogen and oxygen atoms in total. The SMILES string of the molecule is F/C=C1\CN2CCCC2(COc2nc(OCC(F)(F)F)c3cnc(Cl)c(F)c3n2)C1. The van der Waals surface area contributed by atoms with Crippen LogP contribution in [0.3, 0.4) is 0 Å². The van der Waals surface area contributed by atoms with Gasteiger partial charge >= 0.3 is 12.2 Å². The Morgan fingerprint density at radius 3 is 2.80 bits per heavy atom. The maximum atomic E-state index is 14.4. The van der Waals surface area contributed by atoms with Crippen LogP contribution < -0.4 is 9.47 Å². The molecule has 4 heterocycles. The molecule has 2 aromatic rings. The fraction of sp³-hybridized carbons (Fsp3) is 0.500. The first-order valence-electron chi connectivity index (χ1n) is 9.08. The van der Waals surface area contributed by atoms with E-state index in [0.29, 0.717) is 24.9 Å². The topological polar surface area (TPSA) is 60.4 Å². The highest BCUT2D eigenvalue weighted by Gasteiger charge is 2.47. The number of fused-ring (bicyclic) bond motifs is 2. The molecule has 1 unspecified atom stereocenters. The van der Waals surface area contributed by atoms with Crippen LogP contribution in [-0.2, 0) is 0 Å². The van der Waals surface area contributed by atoms with Gasteiger partial charge in [0.15, 0.2) is 17.6 Å². The molecule has 12 heteroatoms. The Balaban J connectivity index is 1.64. The number of halogens is 6. The molecular weight excluding hydrogens is 435 g/mol. The largest absolute Gasteiger partial charge is 0.467 e. The van der Waals surface area contributed by atoms with Crippen LogP contribution in [0.5, 0.6) is 11.9 Å². The number of hydrogen-bond donors (Lipinski definition) is 0. The van der Waals surface area contributed by atoms with Crippen LogP contribution in [0.4, 0.5) is 22.0 Å². The summed E-state index contributed by atoms with van der Waals surface area (Å²) in [5.74, 6) is -1.55. The van der Waals surface area contributed by atoms with Gasteiger partial charge in [-0.05, 0) is 31.4 Å². The molecule has 0 radical (unpaired) electrons. The van der Waals surface area contributed by atoms with Crippen molar-refractivity contribution in [3.8, 4) is 11.9 Å². The molecule has 30 heavy (non-hydrogen) atoms. The maximum absolute atomic E-state index is 14.4. The first kappa shape index (κ1) is 21.0. The van der Waals surface area contributed by atoms with Crippen LogP contribution in [0.15, 0.2) is 18.1 Å². The Morgan fingerprint density at radius 2 is 2.07 bits per heavy atom. The third kappa shape index (κ3) is 4.00. The molecule has 0 spiro atoms. The Kier molecular flexibility index (Phi) is 5.43. The Morgan fingerprint density at radius 1 is 1.27 bits per heavy atom. The van der Waals surface area contributed by atoms with Crippen molar-refractivity contribution in [3.05, 3.63) is 29.1 Å². The Hall–Kier alpha value is -2.27. The highest BCUT2D eigenvalue weighted by Crippen LogP contribution is 2.41. The van der Waals surface area contributed by atoms with Gasteiger partial charge in [-0.1, -0.05) is 11.6 Å². The van der Waals surface area contributed by atoms with E-state index >= 15 is 0 Å². The van der Waals surface area contributed by atoms with Gasteiger partial charge in [0, 0.05) is 12.7 Å². The summed E-state index contributed by atoms with van der Waals surface area (Å²) in [6.45, 7) is -0.316. The van der Waals surface area contributed by atoms with Crippen LogP contribution >= 0.6 is 11.6 Å². The van der Waals surface area contributed by atoms with Crippen molar-refractivity contribution >= 4 is 22.5 Å². The number of pyridine rings is 1. The van der Waals surface area contributed by atoms with Gasteiger partial charge in [0.25, 0.3) is 0 Å². The average molecular weight is 451 g/mol. The summed E-state index contributed by atoms with van der Waals surface area (Å²) in [7, 11) is 0. The highest BCUT2D eigenvalue weighted by molar-refractivity contribution is 6.30. The second kappa shape index (κ2) is 7.77. The third-order valence-electron chi connectivity index (χ3n) is 5.27. The second-order valence-corrected chi connectivity index (χ2v) is 7.68. The summed E-state index contributed by atoms with van der Waals surface area (Å²) in [5, 5.41) is -0.666. The van der Waals surface area contributed by atoms with Crippen LogP contribution in [0.25, 0.3) is 10.9 Å². The summed E-state index contributed by atoms with van der Waals surface area (Å²) in [6, 6.07) is -0.361. The van der Waals surface area contributed by atoms with E-state index in [1.165, 1.54) is 0 Å². The fourth-order valence-electron chi connectivity index (χ4n) is 3.96. The van der Waals surface area contributed by atoms with Gasteiger partial charge in [0.2, 0.25) is 5.88 Å². The predicted molar refractivity (Wildman–Crippen MR) is 96.7 cm³/mol. The average Bonchev–Trinajstić information content (AvgIpc) is 3.24. The minimum atomic E-state index is -4.63. The van der Waals surface area contributed by atoms with Gasteiger partial charge in [-0.2, -0.15) is 23.1 Å². The molecule has 2 aliphatic rings. The zero-order valence-electron chi connectivity index (χ0n) is 15.5. The second-order valence-electron chi connectivity index (χ2n) is 7.32. The summed E-state index contributed by atoms with van der Waals surface area (Å²) in [5.41, 5.74) is -0.193. The van der Waals surface area contributed by atoms with Crippen molar-refractivity contribution in [1.82, 2.24) is 19.9 Å². The monoisotopic (exact) mass is 450 g/mol. The quantitative estimate of drug-likeness (QED) is 0.502. The van der Waals surface area contributed by atoms with Crippen LogP contribution in [0.1, 0.15) is 19.3 Å². The Bertz CT molecular complexity index is 1000. The van der Waals surface area contributed by atoms with E-state index in [9.17, 15) is 22.0 Å². The van der Waals surface area contributed by atoms with Gasteiger partial charge in [0.1, 0.15) is 12.1 Å². The van der Waals surface area contributed by atoms with Crippen molar-refractivity contribution in [2.45, 2.75) is 31.0 Å². The molecule has 162 valence electrons. The number of ether oxygens (including phenoxy) is 2. The maximum Gasteiger partial charge on any atom is 0.422 e. The van der Waals surface area contributed by atoms with E-state index in [1.54, 1.807) is 0 Å². The first-order chi connectivity index (χ1) is 14.2. The van der Waals surface area contributed by atoms with E-state index in [4.69, 9.17) is 21.1 Å². The predicted octanol–water partition coefficient (Wildman–Crippen LogP) is 4.23. The van der Waals surface area contributed by atoms with Crippen LogP contribution in [-0.4, -0.2) is 57.9 Å². The zero-order chi connectivity index (χ0) is 21.5. The molecule has 2 fully saturated rings. The van der Waals surface area contributed by atoms with Crippen molar-refractivity contribution in [2.24, 2.45) is 0 Å².